The maximum absolute atomic E-state index is 13.5. The molecule has 3 rings (SSSR count). The molecule has 0 atom stereocenters. The lowest BCUT2D eigenvalue weighted by Crippen LogP contribution is -2.24. The van der Waals surface area contributed by atoms with Gasteiger partial charge in [0.1, 0.15) is 5.82 Å². The van der Waals surface area contributed by atoms with Crippen LogP contribution in [0.3, 0.4) is 0 Å². The number of rotatable bonds is 3. The quantitative estimate of drug-likeness (QED) is 0.913. The monoisotopic (exact) mass is 290 g/mol. The van der Waals surface area contributed by atoms with E-state index in [1.165, 1.54) is 22.3 Å². The molecule has 3 N–H and O–H groups in total. The molecule has 0 aliphatic heterocycles. The van der Waals surface area contributed by atoms with Gasteiger partial charge < -0.3 is 11.1 Å². The van der Waals surface area contributed by atoms with Crippen LogP contribution in [0.1, 0.15) is 32.8 Å². The Morgan fingerprint density at radius 2 is 2.15 bits per heavy atom. The molecule has 0 unspecified atom stereocenters. The van der Waals surface area contributed by atoms with E-state index in [9.17, 15) is 9.18 Å². The number of carbonyl (C=O) groups excluding carboxylic acids is 1. The fourth-order valence-corrected chi connectivity index (χ4v) is 3.74. The van der Waals surface area contributed by atoms with E-state index in [1.54, 1.807) is 18.2 Å². The van der Waals surface area contributed by atoms with Crippen molar-refractivity contribution in [3.8, 4) is 0 Å². The van der Waals surface area contributed by atoms with E-state index in [0.717, 1.165) is 24.8 Å². The number of fused-ring (bicyclic) bond motifs is 1. The zero-order valence-electron chi connectivity index (χ0n) is 10.9. The van der Waals surface area contributed by atoms with Gasteiger partial charge in [0.2, 0.25) is 0 Å². The smallest absolute Gasteiger partial charge is 0.254 e. The highest BCUT2D eigenvalue weighted by atomic mass is 32.1. The van der Waals surface area contributed by atoms with Gasteiger partial charge in [0.15, 0.2) is 0 Å². The molecule has 20 heavy (non-hydrogen) atoms. The summed E-state index contributed by atoms with van der Waals surface area (Å²) in [5, 5.41) is 3.33. The Morgan fingerprint density at radius 3 is 2.95 bits per heavy atom. The molecule has 0 bridgehead atoms. The van der Waals surface area contributed by atoms with Crippen LogP contribution in [-0.4, -0.2) is 5.91 Å². The molecule has 0 fully saturated rings. The molecule has 5 heteroatoms. The van der Waals surface area contributed by atoms with Crippen molar-refractivity contribution in [2.45, 2.75) is 25.8 Å². The number of halogens is 1. The van der Waals surface area contributed by atoms with Crippen LogP contribution in [-0.2, 0) is 19.4 Å². The van der Waals surface area contributed by atoms with Gasteiger partial charge in [-0.25, -0.2) is 4.39 Å². The molecule has 1 aliphatic carbocycles. The summed E-state index contributed by atoms with van der Waals surface area (Å²) in [5.41, 5.74) is 8.09. The van der Waals surface area contributed by atoms with Crippen molar-refractivity contribution in [1.82, 2.24) is 5.32 Å². The lowest BCUT2D eigenvalue weighted by Gasteiger charge is -2.07. The Morgan fingerprint density at radius 1 is 1.35 bits per heavy atom. The van der Waals surface area contributed by atoms with Crippen molar-refractivity contribution >= 4 is 22.2 Å². The van der Waals surface area contributed by atoms with Gasteiger partial charge in [0, 0.05) is 17.0 Å². The number of nitrogens with one attached hydrogen (secondary N) is 1. The molecule has 0 spiro atoms. The molecule has 2 aromatic rings. The topological polar surface area (TPSA) is 55.1 Å². The van der Waals surface area contributed by atoms with Gasteiger partial charge in [0.05, 0.1) is 10.6 Å². The van der Waals surface area contributed by atoms with Crippen LogP contribution in [0.25, 0.3) is 0 Å². The lowest BCUT2D eigenvalue weighted by molar-refractivity contribution is 0.0951. The average molecular weight is 290 g/mol. The Bertz CT molecular complexity index is 666. The van der Waals surface area contributed by atoms with Crippen molar-refractivity contribution in [1.29, 1.82) is 0 Å². The Labute approximate surface area is 120 Å². The van der Waals surface area contributed by atoms with Crippen LogP contribution in [0.2, 0.25) is 0 Å². The van der Waals surface area contributed by atoms with E-state index in [-0.39, 0.29) is 18.3 Å². The van der Waals surface area contributed by atoms with Crippen molar-refractivity contribution in [3.63, 3.8) is 0 Å². The molecular weight excluding hydrogens is 275 g/mol. The van der Waals surface area contributed by atoms with Crippen LogP contribution in [0.4, 0.5) is 9.39 Å². The fourth-order valence-electron chi connectivity index (χ4n) is 2.58. The van der Waals surface area contributed by atoms with Gasteiger partial charge >= 0.3 is 0 Å². The van der Waals surface area contributed by atoms with Crippen molar-refractivity contribution in [2.24, 2.45) is 0 Å². The molecule has 0 saturated heterocycles. The number of nitrogen functional groups attached to an aromatic ring is 1. The van der Waals surface area contributed by atoms with Crippen LogP contribution in [0, 0.1) is 5.82 Å². The summed E-state index contributed by atoms with van der Waals surface area (Å²) in [5.74, 6) is -0.513. The highest BCUT2D eigenvalue weighted by molar-refractivity contribution is 7.16. The summed E-state index contributed by atoms with van der Waals surface area (Å²) >= 11 is 1.50. The van der Waals surface area contributed by atoms with Gasteiger partial charge in [-0.05, 0) is 30.9 Å². The second-order valence-electron chi connectivity index (χ2n) is 4.87. The van der Waals surface area contributed by atoms with Gasteiger partial charge in [-0.15, -0.1) is 11.3 Å². The third kappa shape index (κ3) is 2.29. The minimum absolute atomic E-state index is 0.176. The molecule has 0 saturated carbocycles. The molecule has 0 radical (unpaired) electrons. The number of amides is 1. The normalized spacial score (nSPS) is 13.2. The van der Waals surface area contributed by atoms with Gasteiger partial charge in [-0.2, -0.15) is 0 Å². The molecule has 1 aromatic heterocycles. The number of anilines is 1. The van der Waals surface area contributed by atoms with Crippen LogP contribution >= 0.6 is 11.3 Å². The van der Waals surface area contributed by atoms with Crippen LogP contribution in [0.5, 0.6) is 0 Å². The Kier molecular flexibility index (Phi) is 3.44. The first kappa shape index (κ1) is 13.1. The zero-order valence-corrected chi connectivity index (χ0v) is 11.7. The molecule has 1 heterocycles. The summed E-state index contributed by atoms with van der Waals surface area (Å²) in [6.07, 6.45) is 2.99. The first-order valence-electron chi connectivity index (χ1n) is 6.58. The van der Waals surface area contributed by atoms with Crippen LogP contribution in [0.15, 0.2) is 24.3 Å². The maximum Gasteiger partial charge on any atom is 0.254 e. The second-order valence-corrected chi connectivity index (χ2v) is 6.01. The molecule has 104 valence electrons. The molecule has 1 amide bonds. The third-order valence-electron chi connectivity index (χ3n) is 3.57. The van der Waals surface area contributed by atoms with Crippen molar-refractivity contribution in [2.75, 3.05) is 5.73 Å². The summed E-state index contributed by atoms with van der Waals surface area (Å²) in [7, 11) is 0. The predicted molar refractivity (Wildman–Crippen MR) is 78.3 cm³/mol. The largest absolute Gasteiger partial charge is 0.390 e. The van der Waals surface area contributed by atoms with Gasteiger partial charge in [0.25, 0.3) is 5.91 Å². The van der Waals surface area contributed by atoms with Gasteiger partial charge in [-0.1, -0.05) is 18.2 Å². The molecule has 1 aliphatic rings. The number of carbonyl (C=O) groups is 1. The summed E-state index contributed by atoms with van der Waals surface area (Å²) in [4.78, 5) is 13.5. The first-order chi connectivity index (χ1) is 9.66. The lowest BCUT2D eigenvalue weighted by atomic mass is 10.1. The summed E-state index contributed by atoms with van der Waals surface area (Å²) in [6.45, 7) is 0.176. The molecule has 3 nitrogen and oxygen atoms in total. The Balaban J connectivity index is 1.76. The highest BCUT2D eigenvalue weighted by Crippen LogP contribution is 2.37. The highest BCUT2D eigenvalue weighted by Gasteiger charge is 2.25. The molecular formula is C15H15FN2OS. The molecule has 1 aromatic carbocycles. The third-order valence-corrected chi connectivity index (χ3v) is 4.69. The van der Waals surface area contributed by atoms with Crippen LogP contribution < -0.4 is 11.1 Å². The van der Waals surface area contributed by atoms with E-state index in [0.29, 0.717) is 16.1 Å². The number of hydrogen-bond donors (Lipinski definition) is 2. The van der Waals surface area contributed by atoms with E-state index in [2.05, 4.69) is 5.32 Å². The predicted octanol–water partition coefficient (Wildman–Crippen LogP) is 2.89. The average Bonchev–Trinajstić information content (AvgIpc) is 2.97. The number of thiophene rings is 1. The number of nitrogens with two attached hydrogens (primary N) is 1. The SMILES string of the molecule is Nc1sc2c(c1C(=O)NCc1ccccc1F)CCC2. The van der Waals surface area contributed by atoms with Crippen molar-refractivity contribution < 1.29 is 9.18 Å². The number of benzene rings is 1. The summed E-state index contributed by atoms with van der Waals surface area (Å²) in [6, 6.07) is 6.43. The minimum Gasteiger partial charge on any atom is -0.390 e. The standard InChI is InChI=1S/C15H15FN2OS/c16-11-6-2-1-4-9(11)8-18-15(19)13-10-5-3-7-12(10)20-14(13)17/h1-2,4,6H,3,5,7-8,17H2,(H,18,19). The summed E-state index contributed by atoms with van der Waals surface area (Å²) < 4.78 is 13.5. The minimum atomic E-state index is -0.309. The Hall–Kier alpha value is -1.88. The van der Waals surface area contributed by atoms with E-state index >= 15 is 0 Å². The number of hydrogen-bond acceptors (Lipinski definition) is 3. The maximum atomic E-state index is 13.5. The van der Waals surface area contributed by atoms with Gasteiger partial charge in [-0.3, -0.25) is 4.79 Å². The second kappa shape index (κ2) is 5.25. The van der Waals surface area contributed by atoms with E-state index in [1.807, 2.05) is 0 Å². The zero-order chi connectivity index (χ0) is 14.1. The van der Waals surface area contributed by atoms with Crippen molar-refractivity contribution in [3.05, 3.63) is 51.7 Å². The van der Waals surface area contributed by atoms with E-state index in [4.69, 9.17) is 5.73 Å². The first-order valence-corrected chi connectivity index (χ1v) is 7.40. The number of aryl methyl sites for hydroxylation is 1. The fraction of sp³-hybridized carbons (Fsp3) is 0.267. The van der Waals surface area contributed by atoms with E-state index < -0.39 is 0 Å².